The van der Waals surface area contributed by atoms with E-state index in [1.807, 2.05) is 49.4 Å². The van der Waals surface area contributed by atoms with Gasteiger partial charge in [-0.1, -0.05) is 48.5 Å². The quantitative estimate of drug-likeness (QED) is 0.621. The first-order valence-corrected chi connectivity index (χ1v) is 11.5. The lowest BCUT2D eigenvalue weighted by Crippen LogP contribution is -2.30. The second-order valence-electron chi connectivity index (χ2n) is 7.57. The molecule has 3 aromatic carbocycles. The molecule has 1 aliphatic heterocycles. The topological polar surface area (TPSA) is 86.7 Å². The number of aryl methyl sites for hydroxylation is 1. The minimum atomic E-state index is -3.78. The van der Waals surface area contributed by atoms with Gasteiger partial charge in [0.05, 0.1) is 16.7 Å². The van der Waals surface area contributed by atoms with Crippen LogP contribution in [0.1, 0.15) is 33.2 Å². The lowest BCUT2D eigenvalue weighted by Gasteiger charge is -2.20. The van der Waals surface area contributed by atoms with Gasteiger partial charge in [0.25, 0.3) is 15.9 Å². The summed E-state index contributed by atoms with van der Waals surface area (Å²) in [5.41, 5.74) is 3.57. The predicted molar refractivity (Wildman–Crippen MR) is 120 cm³/mol. The Hall–Kier alpha value is -3.16. The molecule has 7 heteroatoms. The summed E-state index contributed by atoms with van der Waals surface area (Å²) in [6.07, 6.45) is -0.190. The van der Waals surface area contributed by atoms with Crippen molar-refractivity contribution in [3.63, 3.8) is 0 Å². The fraction of sp³-hybridized carbons (Fsp3) is 0.208. The minimum absolute atomic E-state index is 0.0279. The lowest BCUT2D eigenvalue weighted by molar-refractivity contribution is 0.0915. The maximum atomic E-state index is 13.2. The normalized spacial score (nSPS) is 14.2. The highest BCUT2D eigenvalue weighted by atomic mass is 32.2. The van der Waals surface area contributed by atoms with E-state index in [2.05, 4.69) is 5.32 Å². The summed E-state index contributed by atoms with van der Waals surface area (Å²) in [6.45, 7) is 2.30. The third kappa shape index (κ3) is 4.19. The molecular weight excluding hydrogens is 412 g/mol. The summed E-state index contributed by atoms with van der Waals surface area (Å²) in [5, 5.41) is 13.1. The molecule has 2 N–H and O–H groups in total. The molecular formula is C24H24N2O4S. The van der Waals surface area contributed by atoms with Gasteiger partial charge in [0, 0.05) is 18.7 Å². The smallest absolute Gasteiger partial charge is 0.264 e. The molecule has 0 saturated heterocycles. The number of amides is 1. The molecule has 1 unspecified atom stereocenters. The summed E-state index contributed by atoms with van der Waals surface area (Å²) < 4.78 is 27.8. The van der Waals surface area contributed by atoms with E-state index in [0.29, 0.717) is 18.7 Å². The Bertz CT molecular complexity index is 1220. The highest BCUT2D eigenvalue weighted by Gasteiger charge is 2.31. The number of hydrogen-bond acceptors (Lipinski definition) is 4. The van der Waals surface area contributed by atoms with Crippen LogP contribution in [0.15, 0.2) is 77.7 Å². The van der Waals surface area contributed by atoms with Crippen molar-refractivity contribution in [3.8, 4) is 0 Å². The number of rotatable bonds is 6. The van der Waals surface area contributed by atoms with Gasteiger partial charge in [0.1, 0.15) is 0 Å². The third-order valence-electron chi connectivity index (χ3n) is 5.53. The lowest BCUT2D eigenvalue weighted by atomic mass is 10.0. The van der Waals surface area contributed by atoms with E-state index in [4.69, 9.17) is 0 Å². The highest BCUT2D eigenvalue weighted by Crippen LogP contribution is 2.32. The van der Waals surface area contributed by atoms with Gasteiger partial charge >= 0.3 is 0 Å². The first-order valence-electron chi connectivity index (χ1n) is 10.1. The summed E-state index contributed by atoms with van der Waals surface area (Å²) in [6, 6.07) is 20.8. The summed E-state index contributed by atoms with van der Waals surface area (Å²) in [7, 11) is -3.78. The molecule has 0 radical (unpaired) electrons. The number of carbonyl (C=O) groups is 1. The molecule has 1 aliphatic rings. The molecule has 31 heavy (non-hydrogen) atoms. The molecule has 6 nitrogen and oxygen atoms in total. The fourth-order valence-corrected chi connectivity index (χ4v) is 5.39. The standard InChI is InChI=1S/C24H24N2O4S/c1-17-7-2-4-11-21(17)23(27)16-25-24(28)19-9-6-10-20(15-19)31(29,30)26-14-13-18-8-3-5-12-22(18)26/h2-12,15,23,27H,13-14,16H2,1H3,(H,25,28). The van der Waals surface area contributed by atoms with Crippen LogP contribution in [0.3, 0.4) is 0 Å². The Morgan fingerprint density at radius 2 is 1.81 bits per heavy atom. The van der Waals surface area contributed by atoms with E-state index in [-0.39, 0.29) is 17.0 Å². The molecule has 3 aromatic rings. The molecule has 1 amide bonds. The van der Waals surface area contributed by atoms with E-state index in [0.717, 1.165) is 16.7 Å². The number of anilines is 1. The predicted octanol–water partition coefficient (Wildman–Crippen LogP) is 3.21. The van der Waals surface area contributed by atoms with Crippen LogP contribution in [0.4, 0.5) is 5.69 Å². The van der Waals surface area contributed by atoms with Crippen LogP contribution in [-0.2, 0) is 16.4 Å². The average Bonchev–Trinajstić information content (AvgIpc) is 3.23. The minimum Gasteiger partial charge on any atom is -0.387 e. The molecule has 0 spiro atoms. The number of benzene rings is 3. The molecule has 1 heterocycles. The number of nitrogens with zero attached hydrogens (tertiary/aromatic N) is 1. The van der Waals surface area contributed by atoms with Crippen molar-refractivity contribution in [2.75, 3.05) is 17.4 Å². The van der Waals surface area contributed by atoms with Crippen LogP contribution >= 0.6 is 0 Å². The van der Waals surface area contributed by atoms with Gasteiger partial charge in [0.15, 0.2) is 0 Å². The fourth-order valence-electron chi connectivity index (χ4n) is 3.84. The van der Waals surface area contributed by atoms with Crippen molar-refractivity contribution in [2.45, 2.75) is 24.3 Å². The van der Waals surface area contributed by atoms with Crippen LogP contribution in [-0.4, -0.2) is 32.5 Å². The Balaban J connectivity index is 1.50. The Morgan fingerprint density at radius 3 is 2.61 bits per heavy atom. The number of sulfonamides is 1. The van der Waals surface area contributed by atoms with E-state index in [9.17, 15) is 18.3 Å². The Morgan fingerprint density at radius 1 is 1.06 bits per heavy atom. The summed E-state index contributed by atoms with van der Waals surface area (Å²) in [4.78, 5) is 12.7. The van der Waals surface area contributed by atoms with E-state index >= 15 is 0 Å². The molecule has 0 aromatic heterocycles. The molecule has 160 valence electrons. The summed E-state index contributed by atoms with van der Waals surface area (Å²) >= 11 is 0. The number of fused-ring (bicyclic) bond motifs is 1. The Kier molecular flexibility index (Phi) is 5.80. The first-order chi connectivity index (χ1) is 14.9. The zero-order chi connectivity index (χ0) is 22.0. The molecule has 1 atom stereocenters. The van der Waals surface area contributed by atoms with Crippen molar-refractivity contribution in [1.82, 2.24) is 5.32 Å². The van der Waals surface area contributed by atoms with Gasteiger partial charge in [-0.05, 0) is 54.3 Å². The monoisotopic (exact) mass is 436 g/mol. The zero-order valence-corrected chi connectivity index (χ0v) is 18.0. The van der Waals surface area contributed by atoms with Gasteiger partial charge < -0.3 is 10.4 Å². The summed E-state index contributed by atoms with van der Waals surface area (Å²) in [5.74, 6) is -0.438. The van der Waals surface area contributed by atoms with Crippen LogP contribution < -0.4 is 9.62 Å². The first kappa shape index (κ1) is 21.1. The van der Waals surface area contributed by atoms with E-state index in [1.54, 1.807) is 18.2 Å². The molecule has 0 fully saturated rings. The Labute approximate surface area is 182 Å². The largest absolute Gasteiger partial charge is 0.387 e. The molecule has 0 saturated carbocycles. The number of hydrogen-bond donors (Lipinski definition) is 2. The van der Waals surface area contributed by atoms with Gasteiger partial charge in [-0.15, -0.1) is 0 Å². The van der Waals surface area contributed by atoms with Crippen molar-refractivity contribution >= 4 is 21.6 Å². The SMILES string of the molecule is Cc1ccccc1C(O)CNC(=O)c1cccc(S(=O)(=O)N2CCc3ccccc32)c1. The molecule has 4 rings (SSSR count). The van der Waals surface area contributed by atoms with E-state index in [1.165, 1.54) is 16.4 Å². The second kappa shape index (κ2) is 8.53. The molecule has 0 bridgehead atoms. The maximum absolute atomic E-state index is 13.2. The van der Waals surface area contributed by atoms with Crippen LogP contribution in [0.2, 0.25) is 0 Å². The van der Waals surface area contributed by atoms with Crippen molar-refractivity contribution in [1.29, 1.82) is 0 Å². The van der Waals surface area contributed by atoms with Crippen LogP contribution in [0.25, 0.3) is 0 Å². The van der Waals surface area contributed by atoms with E-state index < -0.39 is 22.0 Å². The number of aliphatic hydroxyl groups excluding tert-OH is 1. The number of aliphatic hydroxyl groups is 1. The van der Waals surface area contributed by atoms with Gasteiger partial charge in [-0.2, -0.15) is 0 Å². The van der Waals surface area contributed by atoms with Gasteiger partial charge in [0.2, 0.25) is 0 Å². The number of nitrogens with one attached hydrogen (secondary N) is 1. The van der Waals surface area contributed by atoms with Crippen molar-refractivity contribution in [3.05, 3.63) is 95.1 Å². The van der Waals surface area contributed by atoms with Crippen LogP contribution in [0.5, 0.6) is 0 Å². The second-order valence-corrected chi connectivity index (χ2v) is 9.43. The highest BCUT2D eigenvalue weighted by molar-refractivity contribution is 7.92. The molecule has 0 aliphatic carbocycles. The van der Waals surface area contributed by atoms with Crippen molar-refractivity contribution in [2.24, 2.45) is 0 Å². The van der Waals surface area contributed by atoms with Crippen molar-refractivity contribution < 1.29 is 18.3 Å². The van der Waals surface area contributed by atoms with Gasteiger partial charge in [-0.25, -0.2) is 8.42 Å². The number of para-hydroxylation sites is 1. The number of carbonyl (C=O) groups excluding carboxylic acids is 1. The van der Waals surface area contributed by atoms with Gasteiger partial charge in [-0.3, -0.25) is 9.10 Å². The van der Waals surface area contributed by atoms with Crippen LogP contribution in [0, 0.1) is 6.92 Å². The zero-order valence-electron chi connectivity index (χ0n) is 17.2. The average molecular weight is 437 g/mol. The third-order valence-corrected chi connectivity index (χ3v) is 7.34. The maximum Gasteiger partial charge on any atom is 0.264 e.